The van der Waals surface area contributed by atoms with E-state index < -0.39 is 57.3 Å². The van der Waals surface area contributed by atoms with Crippen molar-refractivity contribution in [3.8, 4) is 0 Å². The number of rotatable bonds is 4. The molecule has 1 aromatic heterocycles. The topological polar surface area (TPSA) is 116 Å². The lowest BCUT2D eigenvalue weighted by atomic mass is 9.40. The molecule has 2 aliphatic heterocycles. The standard InChI is InChI=1S/C27H34O8/c1-23(2)17(13-28)24(3,10-8-18(23)29)16-7-11-25(4)19(15-9-12-33-14-15)34-21(30)20-27(25,35-20)26(16,5)22(31)32-6/h8-10,12,14,16-17,19-20,28H,7,11,13H2,1-6H3/t16-,17?,19+,20-,24-,25+,26?,27-/m1/s1. The second-order valence-corrected chi connectivity index (χ2v) is 11.8. The van der Waals surface area contributed by atoms with E-state index in [-0.39, 0.29) is 18.3 Å². The lowest BCUT2D eigenvalue weighted by Crippen LogP contribution is -2.69. The summed E-state index contributed by atoms with van der Waals surface area (Å²) < 4.78 is 22.9. The van der Waals surface area contributed by atoms with Gasteiger partial charge in [0.2, 0.25) is 0 Å². The van der Waals surface area contributed by atoms with Crippen molar-refractivity contribution >= 4 is 17.7 Å². The van der Waals surface area contributed by atoms with Gasteiger partial charge in [0, 0.05) is 28.9 Å². The van der Waals surface area contributed by atoms with Crippen LogP contribution in [0.3, 0.4) is 0 Å². The van der Waals surface area contributed by atoms with E-state index in [1.165, 1.54) is 13.4 Å². The van der Waals surface area contributed by atoms with Crippen molar-refractivity contribution in [2.24, 2.45) is 33.5 Å². The summed E-state index contributed by atoms with van der Waals surface area (Å²) in [6, 6.07) is 1.77. The number of furan rings is 1. The van der Waals surface area contributed by atoms with Crippen molar-refractivity contribution in [3.63, 3.8) is 0 Å². The number of ketones is 1. The Bertz CT molecular complexity index is 1100. The largest absolute Gasteiger partial charge is 0.472 e. The molecule has 2 unspecified atom stereocenters. The third kappa shape index (κ3) is 2.67. The molecule has 2 aliphatic carbocycles. The van der Waals surface area contributed by atoms with Crippen LogP contribution in [0.25, 0.3) is 0 Å². The van der Waals surface area contributed by atoms with Crippen LogP contribution in [0.1, 0.15) is 59.1 Å². The molecule has 1 spiro atoms. The number of aliphatic hydroxyl groups is 1. The Morgan fingerprint density at radius 3 is 2.49 bits per heavy atom. The summed E-state index contributed by atoms with van der Waals surface area (Å²) in [6.07, 6.45) is 6.13. The average Bonchev–Trinajstić information content (AvgIpc) is 3.38. The summed E-state index contributed by atoms with van der Waals surface area (Å²) in [7, 11) is 1.34. The normalized spacial score (nSPS) is 45.8. The minimum atomic E-state index is -1.26. The minimum absolute atomic E-state index is 0.0607. The van der Waals surface area contributed by atoms with Gasteiger partial charge in [0.05, 0.1) is 19.6 Å². The molecule has 2 saturated heterocycles. The predicted octanol–water partition coefficient (Wildman–Crippen LogP) is 3.39. The monoisotopic (exact) mass is 486 g/mol. The zero-order valence-corrected chi connectivity index (χ0v) is 21.1. The van der Waals surface area contributed by atoms with E-state index in [1.54, 1.807) is 18.4 Å². The maximum Gasteiger partial charge on any atom is 0.339 e. The van der Waals surface area contributed by atoms with Crippen LogP contribution in [0.5, 0.6) is 0 Å². The molecule has 8 atom stereocenters. The van der Waals surface area contributed by atoms with Crippen LogP contribution in [-0.2, 0) is 28.6 Å². The molecular weight excluding hydrogens is 452 g/mol. The van der Waals surface area contributed by atoms with E-state index in [4.69, 9.17) is 18.6 Å². The fraction of sp³-hybridized carbons (Fsp3) is 0.667. The van der Waals surface area contributed by atoms with Gasteiger partial charge in [-0.15, -0.1) is 0 Å². The number of methoxy groups -OCH3 is 1. The van der Waals surface area contributed by atoms with E-state index >= 15 is 0 Å². The van der Waals surface area contributed by atoms with Crippen LogP contribution in [-0.4, -0.2) is 48.3 Å². The van der Waals surface area contributed by atoms with E-state index in [2.05, 4.69) is 0 Å². The first-order valence-corrected chi connectivity index (χ1v) is 12.2. The lowest BCUT2D eigenvalue weighted by molar-refractivity contribution is -0.212. The molecule has 8 nitrogen and oxygen atoms in total. The molecule has 0 radical (unpaired) electrons. The quantitative estimate of drug-likeness (QED) is 0.509. The lowest BCUT2D eigenvalue weighted by Gasteiger charge is -2.62. The summed E-state index contributed by atoms with van der Waals surface area (Å²) in [5.74, 6) is -1.87. The molecule has 4 aliphatic rings. The third-order valence-corrected chi connectivity index (χ3v) is 10.2. The highest BCUT2D eigenvalue weighted by molar-refractivity contribution is 5.96. The fourth-order valence-corrected chi connectivity index (χ4v) is 8.22. The zero-order chi connectivity index (χ0) is 25.6. The van der Waals surface area contributed by atoms with Crippen molar-refractivity contribution < 1.29 is 38.1 Å². The molecule has 0 amide bonds. The third-order valence-electron chi connectivity index (χ3n) is 10.2. The Kier molecular flexibility index (Phi) is 5.05. The highest BCUT2D eigenvalue weighted by atomic mass is 16.7. The van der Waals surface area contributed by atoms with Crippen LogP contribution in [0, 0.1) is 33.5 Å². The van der Waals surface area contributed by atoms with E-state index in [0.717, 1.165) is 0 Å². The average molecular weight is 487 g/mol. The van der Waals surface area contributed by atoms with Crippen LogP contribution < -0.4 is 0 Å². The number of hydrogen-bond acceptors (Lipinski definition) is 8. The van der Waals surface area contributed by atoms with Crippen LogP contribution in [0.4, 0.5) is 0 Å². The van der Waals surface area contributed by atoms with Gasteiger partial charge in [0.15, 0.2) is 11.9 Å². The Morgan fingerprint density at radius 1 is 1.17 bits per heavy atom. The Labute approximate surface area is 205 Å². The Hall–Kier alpha value is -2.45. The number of hydrogen-bond donors (Lipinski definition) is 1. The molecule has 1 N–H and O–H groups in total. The summed E-state index contributed by atoms with van der Waals surface area (Å²) in [4.78, 5) is 39.7. The number of allylic oxidation sites excluding steroid dienone is 2. The van der Waals surface area contributed by atoms with E-state index in [0.29, 0.717) is 18.4 Å². The molecule has 1 aromatic rings. The number of carbonyl (C=O) groups excluding carboxylic acids is 3. The van der Waals surface area contributed by atoms with Gasteiger partial charge in [0.1, 0.15) is 17.1 Å². The maximum atomic E-state index is 13.8. The van der Waals surface area contributed by atoms with Crippen molar-refractivity contribution in [2.75, 3.05) is 13.7 Å². The first-order valence-electron chi connectivity index (χ1n) is 12.2. The Morgan fingerprint density at radius 2 is 1.89 bits per heavy atom. The molecule has 8 heteroatoms. The van der Waals surface area contributed by atoms with Gasteiger partial charge in [-0.05, 0) is 43.2 Å². The van der Waals surface area contributed by atoms with E-state index in [9.17, 15) is 19.5 Å². The zero-order valence-electron chi connectivity index (χ0n) is 21.1. The second kappa shape index (κ2) is 7.29. The molecule has 190 valence electrons. The van der Waals surface area contributed by atoms with Crippen molar-refractivity contribution in [1.82, 2.24) is 0 Å². The minimum Gasteiger partial charge on any atom is -0.472 e. The van der Waals surface area contributed by atoms with Gasteiger partial charge in [0.25, 0.3) is 0 Å². The molecule has 0 aromatic carbocycles. The molecular formula is C27H34O8. The molecule has 1 saturated carbocycles. The molecule has 0 bridgehead atoms. The van der Waals surface area contributed by atoms with Crippen LogP contribution in [0.2, 0.25) is 0 Å². The summed E-state index contributed by atoms with van der Waals surface area (Å²) in [5, 5.41) is 10.5. The second-order valence-electron chi connectivity index (χ2n) is 11.8. The van der Waals surface area contributed by atoms with Crippen molar-refractivity contribution in [3.05, 3.63) is 36.3 Å². The van der Waals surface area contributed by atoms with Crippen LogP contribution in [0.15, 0.2) is 35.2 Å². The maximum absolute atomic E-state index is 13.8. The predicted molar refractivity (Wildman–Crippen MR) is 123 cm³/mol. The summed E-state index contributed by atoms with van der Waals surface area (Å²) >= 11 is 0. The molecule has 35 heavy (non-hydrogen) atoms. The summed E-state index contributed by atoms with van der Waals surface area (Å²) in [5.41, 5.74) is -4.02. The SMILES string of the molecule is COC(=O)C1(C)[C@@H]([C@@]2(C)C=CC(=O)C(C)(C)C2CO)CC[C@@]2(C)[C@H](c3ccoc3)OC(=O)[C@H]3O[C@@]312. The van der Waals surface area contributed by atoms with Gasteiger partial charge in [-0.1, -0.05) is 33.8 Å². The van der Waals surface area contributed by atoms with Crippen molar-refractivity contribution in [2.45, 2.75) is 65.3 Å². The highest BCUT2D eigenvalue weighted by Crippen LogP contribution is 2.76. The van der Waals surface area contributed by atoms with Gasteiger partial charge < -0.3 is 23.7 Å². The number of epoxide rings is 1. The number of ether oxygens (including phenoxy) is 3. The van der Waals surface area contributed by atoms with Gasteiger partial charge >= 0.3 is 11.9 Å². The molecule has 5 rings (SSSR count). The van der Waals surface area contributed by atoms with Gasteiger partial charge in [-0.3, -0.25) is 9.59 Å². The van der Waals surface area contributed by atoms with Gasteiger partial charge in [-0.2, -0.15) is 0 Å². The van der Waals surface area contributed by atoms with Crippen molar-refractivity contribution in [1.29, 1.82) is 0 Å². The highest BCUT2D eigenvalue weighted by Gasteiger charge is 2.88. The number of carbonyl (C=O) groups is 3. The number of aliphatic hydroxyl groups excluding tert-OH is 1. The first-order chi connectivity index (χ1) is 16.4. The number of cyclic esters (lactones) is 1. The molecule has 3 heterocycles. The Balaban J connectivity index is 1.71. The molecule has 3 fully saturated rings. The number of esters is 2. The van der Waals surface area contributed by atoms with Gasteiger partial charge in [-0.25, -0.2) is 4.79 Å². The fourth-order valence-electron chi connectivity index (χ4n) is 8.22. The first kappa shape index (κ1) is 24.3. The van der Waals surface area contributed by atoms with Crippen LogP contribution >= 0.6 is 0 Å². The summed E-state index contributed by atoms with van der Waals surface area (Å²) in [6.45, 7) is 9.27. The van der Waals surface area contributed by atoms with E-state index in [1.807, 2.05) is 40.7 Å². The smallest absolute Gasteiger partial charge is 0.339 e.